The third kappa shape index (κ3) is 0.790. The van der Waals surface area contributed by atoms with Crippen LogP contribution in [0.4, 0.5) is 5.82 Å². The molecule has 0 aliphatic carbocycles. The molecule has 1 amide bonds. The van der Waals surface area contributed by atoms with Gasteiger partial charge in [0.2, 0.25) is 0 Å². The Morgan fingerprint density at radius 3 is 3.27 bits per heavy atom. The minimum Gasteiger partial charge on any atom is -0.353 e. The molecule has 4 nitrogen and oxygen atoms in total. The Kier molecular flexibility index (Phi) is 1.15. The number of aromatic nitrogens is 1. The van der Waals surface area contributed by atoms with Gasteiger partial charge in [-0.3, -0.25) is 4.79 Å². The largest absolute Gasteiger partial charge is 0.353 e. The number of carbonyl (C=O) groups is 1. The van der Waals surface area contributed by atoms with Crippen molar-refractivity contribution >= 4 is 11.7 Å². The zero-order valence-electron chi connectivity index (χ0n) is 6.22. The van der Waals surface area contributed by atoms with Gasteiger partial charge >= 0.3 is 0 Å². The van der Waals surface area contributed by atoms with Crippen LogP contribution in [0.3, 0.4) is 0 Å². The average Bonchev–Trinajstić information content (AvgIpc) is 2.45. The van der Waals surface area contributed by atoms with Crippen molar-refractivity contribution < 1.29 is 4.79 Å². The van der Waals surface area contributed by atoms with E-state index >= 15 is 0 Å². The van der Waals surface area contributed by atoms with E-state index < -0.39 is 0 Å². The Morgan fingerprint density at radius 1 is 1.64 bits per heavy atom. The van der Waals surface area contributed by atoms with Crippen LogP contribution in [0.25, 0.3) is 0 Å². The quantitative estimate of drug-likeness (QED) is 0.566. The maximum Gasteiger partial charge on any atom is 0.258 e. The Bertz CT molecular complexity index is 292. The highest BCUT2D eigenvalue weighted by molar-refractivity contribution is 6.00. The summed E-state index contributed by atoms with van der Waals surface area (Å²) in [6.45, 7) is 0.576. The minimum absolute atomic E-state index is 0.0694. The van der Waals surface area contributed by atoms with Crippen LogP contribution in [0.2, 0.25) is 0 Å². The van der Waals surface area contributed by atoms with Gasteiger partial charge in [0, 0.05) is 13.2 Å². The van der Waals surface area contributed by atoms with Crippen molar-refractivity contribution in [3.63, 3.8) is 0 Å². The zero-order valence-corrected chi connectivity index (χ0v) is 6.22. The van der Waals surface area contributed by atoms with Crippen LogP contribution >= 0.6 is 0 Å². The molecule has 0 saturated carbocycles. The highest BCUT2D eigenvalue weighted by atomic mass is 16.2. The molecular weight excluding hydrogens is 142 g/mol. The van der Waals surface area contributed by atoms with E-state index in [1.54, 1.807) is 24.2 Å². The summed E-state index contributed by atoms with van der Waals surface area (Å²) in [5, 5.41) is 3.07. The molecule has 1 aliphatic heterocycles. The van der Waals surface area contributed by atoms with E-state index in [9.17, 15) is 4.79 Å². The number of rotatable bonds is 0. The summed E-state index contributed by atoms with van der Waals surface area (Å²) in [4.78, 5) is 15.9. The van der Waals surface area contributed by atoms with Crippen molar-refractivity contribution in [1.29, 1.82) is 0 Å². The molecule has 0 radical (unpaired) electrons. The summed E-state index contributed by atoms with van der Waals surface area (Å²) in [6, 6.07) is 1.78. The topological polar surface area (TPSA) is 48.1 Å². The second-order valence-electron chi connectivity index (χ2n) is 2.60. The third-order valence-corrected chi connectivity index (χ3v) is 1.82. The Labute approximate surface area is 64.2 Å². The number of carbonyl (C=O) groups excluding carboxylic acids is 1. The minimum atomic E-state index is 0.0694. The molecule has 0 atom stereocenters. The second-order valence-corrected chi connectivity index (χ2v) is 2.60. The second kappa shape index (κ2) is 2.02. The Morgan fingerprint density at radius 2 is 2.45 bits per heavy atom. The summed E-state index contributed by atoms with van der Waals surface area (Å²) < 4.78 is 0. The number of H-pyrrole nitrogens is 1. The molecule has 2 rings (SSSR count). The zero-order chi connectivity index (χ0) is 7.84. The number of nitrogens with one attached hydrogen (secondary N) is 2. The predicted octanol–water partition coefficient (Wildman–Crippen LogP) is 0.470. The fourth-order valence-corrected chi connectivity index (χ4v) is 1.17. The number of amides is 1. The average molecular weight is 151 g/mol. The van der Waals surface area contributed by atoms with E-state index in [4.69, 9.17) is 0 Å². The summed E-state index contributed by atoms with van der Waals surface area (Å²) in [5.74, 6) is 0.896. The number of hydrogen-bond donors (Lipinski definition) is 2. The fraction of sp³-hybridized carbons (Fsp3) is 0.286. The first-order valence-corrected chi connectivity index (χ1v) is 3.46. The van der Waals surface area contributed by atoms with Crippen molar-refractivity contribution in [3.05, 3.63) is 17.8 Å². The van der Waals surface area contributed by atoms with Gasteiger partial charge in [-0.1, -0.05) is 0 Å². The van der Waals surface area contributed by atoms with Gasteiger partial charge in [0.05, 0.1) is 12.2 Å². The van der Waals surface area contributed by atoms with Crippen molar-refractivity contribution in [3.8, 4) is 0 Å². The first kappa shape index (κ1) is 6.27. The number of nitrogens with zero attached hydrogens (tertiary/aromatic N) is 1. The smallest absolute Gasteiger partial charge is 0.258 e. The molecule has 0 bridgehead atoms. The summed E-state index contributed by atoms with van der Waals surface area (Å²) >= 11 is 0. The maximum atomic E-state index is 11.3. The van der Waals surface area contributed by atoms with Gasteiger partial charge in [-0.15, -0.1) is 0 Å². The van der Waals surface area contributed by atoms with E-state index in [1.165, 1.54) is 0 Å². The van der Waals surface area contributed by atoms with E-state index in [-0.39, 0.29) is 5.91 Å². The van der Waals surface area contributed by atoms with Crippen molar-refractivity contribution in [2.24, 2.45) is 0 Å². The number of anilines is 1. The maximum absolute atomic E-state index is 11.3. The molecule has 0 fully saturated rings. The van der Waals surface area contributed by atoms with Crippen molar-refractivity contribution in [2.75, 3.05) is 19.0 Å². The number of fused-ring (bicyclic) bond motifs is 1. The van der Waals surface area contributed by atoms with Gasteiger partial charge in [0.25, 0.3) is 5.91 Å². The first-order chi connectivity index (χ1) is 5.29. The fourth-order valence-electron chi connectivity index (χ4n) is 1.17. The molecule has 0 saturated heterocycles. The lowest BCUT2D eigenvalue weighted by molar-refractivity contribution is 0.0797. The molecule has 2 heterocycles. The van der Waals surface area contributed by atoms with Crippen LogP contribution in [0, 0.1) is 0 Å². The van der Waals surface area contributed by atoms with Gasteiger partial charge < -0.3 is 15.2 Å². The lowest BCUT2D eigenvalue weighted by Crippen LogP contribution is -2.36. The molecule has 0 unspecified atom stereocenters. The monoisotopic (exact) mass is 151 g/mol. The van der Waals surface area contributed by atoms with Gasteiger partial charge in [-0.25, -0.2) is 0 Å². The molecule has 11 heavy (non-hydrogen) atoms. The summed E-state index contributed by atoms with van der Waals surface area (Å²) in [5.41, 5.74) is 0.721. The molecule has 58 valence electrons. The molecule has 1 aliphatic rings. The van der Waals surface area contributed by atoms with Crippen LogP contribution in [-0.2, 0) is 0 Å². The molecule has 2 N–H and O–H groups in total. The molecule has 4 heteroatoms. The van der Waals surface area contributed by atoms with Gasteiger partial charge in [-0.2, -0.15) is 0 Å². The van der Waals surface area contributed by atoms with E-state index in [2.05, 4.69) is 10.3 Å². The molecule has 0 aromatic carbocycles. The lowest BCUT2D eigenvalue weighted by atomic mass is 10.2. The number of hydrogen-bond acceptors (Lipinski definition) is 2. The molecule has 1 aromatic heterocycles. The Hall–Kier alpha value is -1.45. The number of aromatic amines is 1. The van der Waals surface area contributed by atoms with E-state index in [0.717, 1.165) is 11.4 Å². The highest BCUT2D eigenvalue weighted by Gasteiger charge is 2.20. The van der Waals surface area contributed by atoms with Gasteiger partial charge in [0.15, 0.2) is 0 Å². The standard InChI is InChI=1S/C7H9N3O/c1-10-4-9-6-5(7(10)11)2-3-8-6/h2-3,8-9H,4H2,1H3. The van der Waals surface area contributed by atoms with Crippen LogP contribution < -0.4 is 5.32 Å². The van der Waals surface area contributed by atoms with Crippen LogP contribution in [-0.4, -0.2) is 29.5 Å². The molecule has 1 aromatic rings. The summed E-state index contributed by atoms with van der Waals surface area (Å²) in [7, 11) is 1.77. The lowest BCUT2D eigenvalue weighted by Gasteiger charge is -2.23. The van der Waals surface area contributed by atoms with Gasteiger partial charge in [-0.05, 0) is 6.07 Å². The SMILES string of the molecule is CN1CNc2[nH]ccc2C1=O. The van der Waals surface area contributed by atoms with Crippen LogP contribution in [0.15, 0.2) is 12.3 Å². The van der Waals surface area contributed by atoms with Crippen molar-refractivity contribution in [2.45, 2.75) is 0 Å². The van der Waals surface area contributed by atoms with Crippen LogP contribution in [0.1, 0.15) is 10.4 Å². The van der Waals surface area contributed by atoms with E-state index in [0.29, 0.717) is 6.67 Å². The third-order valence-electron chi connectivity index (χ3n) is 1.82. The van der Waals surface area contributed by atoms with E-state index in [1.807, 2.05) is 0 Å². The van der Waals surface area contributed by atoms with Crippen molar-refractivity contribution in [1.82, 2.24) is 9.88 Å². The predicted molar refractivity (Wildman–Crippen MR) is 41.4 cm³/mol. The summed E-state index contributed by atoms with van der Waals surface area (Å²) in [6.07, 6.45) is 1.76. The van der Waals surface area contributed by atoms with Crippen LogP contribution in [0.5, 0.6) is 0 Å². The molecule has 0 spiro atoms. The highest BCUT2D eigenvalue weighted by Crippen LogP contribution is 2.18. The Balaban J connectivity index is 2.46. The first-order valence-electron chi connectivity index (χ1n) is 3.46. The normalized spacial score (nSPS) is 16.1. The molecular formula is C7H9N3O. The van der Waals surface area contributed by atoms with Gasteiger partial charge in [0.1, 0.15) is 5.82 Å².